The van der Waals surface area contributed by atoms with Crippen LogP contribution in [0.25, 0.3) is 0 Å². The molecule has 1 saturated heterocycles. The SMILES string of the molecule is CCNC(=NCCOc1ccccc1)N1CCN(C(=O)OCC)CC1.I. The maximum Gasteiger partial charge on any atom is 0.409 e. The van der Waals surface area contributed by atoms with Crippen LogP contribution in [0.4, 0.5) is 4.79 Å². The summed E-state index contributed by atoms with van der Waals surface area (Å²) >= 11 is 0. The summed E-state index contributed by atoms with van der Waals surface area (Å²) in [5, 5.41) is 3.31. The molecule has 0 aromatic heterocycles. The molecule has 1 aromatic carbocycles. The van der Waals surface area contributed by atoms with Crippen LogP contribution < -0.4 is 10.1 Å². The number of hydrogen-bond donors (Lipinski definition) is 1. The van der Waals surface area contributed by atoms with Gasteiger partial charge in [-0.2, -0.15) is 0 Å². The molecule has 0 radical (unpaired) electrons. The van der Waals surface area contributed by atoms with Gasteiger partial charge in [0.1, 0.15) is 12.4 Å². The van der Waals surface area contributed by atoms with Gasteiger partial charge >= 0.3 is 6.09 Å². The van der Waals surface area contributed by atoms with Gasteiger partial charge in [0.05, 0.1) is 13.2 Å². The highest BCUT2D eigenvalue weighted by molar-refractivity contribution is 14.0. The second kappa shape index (κ2) is 12.6. The summed E-state index contributed by atoms with van der Waals surface area (Å²) in [5.74, 6) is 1.72. The molecule has 0 saturated carbocycles. The lowest BCUT2D eigenvalue weighted by Crippen LogP contribution is -2.54. The van der Waals surface area contributed by atoms with Crippen molar-refractivity contribution in [1.82, 2.24) is 15.1 Å². The van der Waals surface area contributed by atoms with Crippen LogP contribution in [0.15, 0.2) is 35.3 Å². The molecule has 0 spiro atoms. The van der Waals surface area contributed by atoms with Gasteiger partial charge in [-0.1, -0.05) is 18.2 Å². The number of guanidine groups is 1. The molecule has 1 N–H and O–H groups in total. The van der Waals surface area contributed by atoms with E-state index in [1.165, 1.54) is 0 Å². The third-order valence-corrected chi connectivity index (χ3v) is 3.80. The van der Waals surface area contributed by atoms with E-state index in [1.54, 1.807) is 4.90 Å². The van der Waals surface area contributed by atoms with E-state index in [0.29, 0.717) is 32.8 Å². The maximum atomic E-state index is 11.8. The number of carbonyl (C=O) groups excluding carboxylic acids is 1. The van der Waals surface area contributed by atoms with E-state index in [9.17, 15) is 4.79 Å². The van der Waals surface area contributed by atoms with Crippen LogP contribution >= 0.6 is 24.0 Å². The first-order chi connectivity index (χ1) is 12.2. The van der Waals surface area contributed by atoms with Crippen molar-refractivity contribution >= 4 is 36.0 Å². The summed E-state index contributed by atoms with van der Waals surface area (Å²) in [4.78, 5) is 20.3. The zero-order chi connectivity index (χ0) is 17.9. The molecule has 0 bridgehead atoms. The highest BCUT2D eigenvalue weighted by Gasteiger charge is 2.23. The fourth-order valence-electron chi connectivity index (χ4n) is 2.57. The van der Waals surface area contributed by atoms with Crippen LogP contribution in [0, 0.1) is 0 Å². The Morgan fingerprint density at radius 3 is 2.38 bits per heavy atom. The lowest BCUT2D eigenvalue weighted by Gasteiger charge is -2.35. The highest BCUT2D eigenvalue weighted by atomic mass is 127. The van der Waals surface area contributed by atoms with Crippen molar-refractivity contribution in [3.05, 3.63) is 30.3 Å². The van der Waals surface area contributed by atoms with E-state index in [0.717, 1.165) is 31.3 Å². The quantitative estimate of drug-likeness (QED) is 0.296. The first-order valence-corrected chi connectivity index (χ1v) is 8.87. The number of nitrogens with one attached hydrogen (secondary N) is 1. The Morgan fingerprint density at radius 2 is 1.77 bits per heavy atom. The number of ether oxygens (including phenoxy) is 2. The smallest absolute Gasteiger partial charge is 0.409 e. The zero-order valence-electron chi connectivity index (χ0n) is 15.5. The minimum absolute atomic E-state index is 0. The van der Waals surface area contributed by atoms with Gasteiger partial charge in [0.2, 0.25) is 0 Å². The van der Waals surface area contributed by atoms with Crippen molar-refractivity contribution in [3.8, 4) is 5.75 Å². The van der Waals surface area contributed by atoms with Gasteiger partial charge in [-0.25, -0.2) is 9.79 Å². The molecular weight excluding hydrogens is 447 g/mol. The van der Waals surface area contributed by atoms with Crippen LogP contribution in [-0.2, 0) is 4.74 Å². The Labute approximate surface area is 172 Å². The fourth-order valence-corrected chi connectivity index (χ4v) is 2.57. The molecule has 2 rings (SSSR count). The molecule has 8 heteroatoms. The third-order valence-electron chi connectivity index (χ3n) is 3.80. The number of piperazine rings is 1. The molecule has 0 unspecified atom stereocenters. The molecule has 1 amide bonds. The summed E-state index contributed by atoms with van der Waals surface area (Å²) in [6, 6.07) is 9.73. The van der Waals surface area contributed by atoms with Crippen molar-refractivity contribution in [3.63, 3.8) is 0 Å². The first kappa shape index (κ1) is 22.3. The number of nitrogens with zero attached hydrogens (tertiary/aromatic N) is 3. The van der Waals surface area contributed by atoms with E-state index >= 15 is 0 Å². The Hall–Kier alpha value is -1.71. The molecule has 0 aliphatic carbocycles. The van der Waals surface area contributed by atoms with E-state index in [2.05, 4.69) is 15.2 Å². The lowest BCUT2D eigenvalue weighted by atomic mass is 10.3. The number of rotatable bonds is 6. The largest absolute Gasteiger partial charge is 0.492 e. The summed E-state index contributed by atoms with van der Waals surface area (Å²) in [5.41, 5.74) is 0. The number of hydrogen-bond acceptors (Lipinski definition) is 4. The second-order valence-electron chi connectivity index (χ2n) is 5.57. The Bertz CT molecular complexity index is 549. The van der Waals surface area contributed by atoms with E-state index in [1.807, 2.05) is 44.2 Å². The van der Waals surface area contributed by atoms with Gasteiger partial charge in [-0.05, 0) is 26.0 Å². The Kier molecular flexibility index (Phi) is 10.8. The van der Waals surface area contributed by atoms with Crippen LogP contribution in [0.1, 0.15) is 13.8 Å². The Balaban J connectivity index is 0.00000338. The number of para-hydroxylation sites is 1. The summed E-state index contributed by atoms with van der Waals surface area (Å²) in [6.07, 6.45) is -0.236. The maximum absolute atomic E-state index is 11.8. The monoisotopic (exact) mass is 476 g/mol. The summed E-state index contributed by atoms with van der Waals surface area (Å²) in [7, 11) is 0. The minimum Gasteiger partial charge on any atom is -0.492 e. The minimum atomic E-state index is -0.236. The molecule has 26 heavy (non-hydrogen) atoms. The van der Waals surface area contributed by atoms with Gasteiger partial charge < -0.3 is 24.6 Å². The predicted octanol–water partition coefficient (Wildman–Crippen LogP) is 2.42. The highest BCUT2D eigenvalue weighted by Crippen LogP contribution is 2.08. The molecule has 1 aliphatic heterocycles. The normalized spacial score (nSPS) is 14.5. The summed E-state index contributed by atoms with van der Waals surface area (Å²) < 4.78 is 10.7. The number of benzene rings is 1. The van der Waals surface area contributed by atoms with Crippen molar-refractivity contribution in [2.75, 3.05) is 52.5 Å². The van der Waals surface area contributed by atoms with Gasteiger partial charge in [-0.15, -0.1) is 24.0 Å². The van der Waals surface area contributed by atoms with Crippen LogP contribution in [0.5, 0.6) is 5.75 Å². The fraction of sp³-hybridized carbons (Fsp3) is 0.556. The number of aliphatic imine (C=N–C) groups is 1. The van der Waals surface area contributed by atoms with Gasteiger partial charge in [0.25, 0.3) is 0 Å². The Morgan fingerprint density at radius 1 is 1.12 bits per heavy atom. The van der Waals surface area contributed by atoms with Crippen LogP contribution in [0.3, 0.4) is 0 Å². The average molecular weight is 476 g/mol. The van der Waals surface area contributed by atoms with Crippen molar-refractivity contribution in [2.45, 2.75) is 13.8 Å². The van der Waals surface area contributed by atoms with Crippen LogP contribution in [0.2, 0.25) is 0 Å². The van der Waals surface area contributed by atoms with Gasteiger partial charge in [0.15, 0.2) is 5.96 Å². The topological polar surface area (TPSA) is 66.4 Å². The summed E-state index contributed by atoms with van der Waals surface area (Å²) in [6.45, 7) is 8.95. The van der Waals surface area contributed by atoms with Crippen molar-refractivity contribution in [2.24, 2.45) is 4.99 Å². The zero-order valence-corrected chi connectivity index (χ0v) is 17.8. The van der Waals surface area contributed by atoms with Crippen molar-refractivity contribution in [1.29, 1.82) is 0 Å². The van der Waals surface area contributed by atoms with E-state index in [-0.39, 0.29) is 30.1 Å². The molecule has 1 aromatic rings. The van der Waals surface area contributed by atoms with E-state index in [4.69, 9.17) is 9.47 Å². The van der Waals surface area contributed by atoms with Gasteiger partial charge in [-0.3, -0.25) is 0 Å². The molecule has 1 heterocycles. The van der Waals surface area contributed by atoms with Gasteiger partial charge in [0, 0.05) is 32.7 Å². The number of amides is 1. The van der Waals surface area contributed by atoms with E-state index < -0.39 is 0 Å². The molecular formula is C18H29IN4O3. The molecule has 146 valence electrons. The third kappa shape index (κ3) is 7.27. The standard InChI is InChI=1S/C18H28N4O3.HI/c1-3-19-17(20-10-15-25-16-8-6-5-7-9-16)21-11-13-22(14-12-21)18(23)24-4-2;/h5-9H,3-4,10-15H2,1-2H3,(H,19,20);1H. The van der Waals surface area contributed by atoms with Crippen molar-refractivity contribution < 1.29 is 14.3 Å². The first-order valence-electron chi connectivity index (χ1n) is 8.87. The average Bonchev–Trinajstić information content (AvgIpc) is 2.65. The second-order valence-corrected chi connectivity index (χ2v) is 5.57. The lowest BCUT2D eigenvalue weighted by molar-refractivity contribution is 0.0914. The van der Waals surface area contributed by atoms with Crippen LogP contribution in [-0.4, -0.2) is 74.3 Å². The predicted molar refractivity (Wildman–Crippen MR) is 113 cm³/mol. The molecule has 7 nitrogen and oxygen atoms in total. The molecule has 1 aliphatic rings. The number of carbonyl (C=O) groups is 1. The number of halogens is 1. The molecule has 0 atom stereocenters. The molecule has 1 fully saturated rings.